The Bertz CT molecular complexity index is 1730. The molecule has 4 aromatic rings. The summed E-state index contributed by atoms with van der Waals surface area (Å²) in [5.41, 5.74) is 15.3. The van der Waals surface area contributed by atoms with E-state index in [1.165, 1.54) is 70.7 Å². The molecule has 0 radical (unpaired) electrons. The minimum atomic E-state index is 0.504. The molecule has 0 amide bonds. The first-order chi connectivity index (χ1) is 18.5. The highest BCUT2D eigenvalue weighted by atomic mass is 32.1. The van der Waals surface area contributed by atoms with Crippen LogP contribution < -0.4 is 0 Å². The first-order valence-electron chi connectivity index (χ1n) is 13.7. The molecule has 0 spiro atoms. The number of benzene rings is 3. The van der Waals surface area contributed by atoms with Crippen molar-refractivity contribution in [2.75, 3.05) is 0 Å². The summed E-state index contributed by atoms with van der Waals surface area (Å²) in [6, 6.07) is 28.6. The lowest BCUT2D eigenvalue weighted by Gasteiger charge is -2.24. The molecule has 3 aromatic carbocycles. The van der Waals surface area contributed by atoms with Crippen LogP contribution in [0.3, 0.4) is 0 Å². The molecule has 186 valence electrons. The van der Waals surface area contributed by atoms with Gasteiger partial charge in [0.2, 0.25) is 0 Å². The maximum atomic E-state index is 4.57. The third kappa shape index (κ3) is 3.49. The average molecular weight is 509 g/mol. The van der Waals surface area contributed by atoms with Crippen LogP contribution in [0.5, 0.6) is 0 Å². The Balaban J connectivity index is 1.55. The van der Waals surface area contributed by atoms with Gasteiger partial charge in [0, 0.05) is 20.5 Å². The summed E-state index contributed by atoms with van der Waals surface area (Å²) in [5, 5.41) is 1.40. The summed E-state index contributed by atoms with van der Waals surface area (Å²) in [4.78, 5) is 1.44. The van der Waals surface area contributed by atoms with E-state index >= 15 is 0 Å². The van der Waals surface area contributed by atoms with Crippen LogP contribution >= 0.6 is 11.3 Å². The van der Waals surface area contributed by atoms with Crippen LogP contribution in [0.4, 0.5) is 0 Å². The van der Waals surface area contributed by atoms with Gasteiger partial charge >= 0.3 is 0 Å². The Morgan fingerprint density at radius 3 is 2.24 bits per heavy atom. The number of rotatable bonds is 3. The second-order valence-electron chi connectivity index (χ2n) is 11.2. The zero-order chi connectivity index (χ0) is 26.0. The third-order valence-corrected chi connectivity index (χ3v) is 9.74. The smallest absolute Gasteiger partial charge is 0.0433 e. The zero-order valence-electron chi connectivity index (χ0n) is 22.3. The van der Waals surface area contributed by atoms with Gasteiger partial charge in [-0.2, -0.15) is 0 Å². The molecule has 1 saturated carbocycles. The molecule has 0 saturated heterocycles. The van der Waals surface area contributed by atoms with Crippen LogP contribution in [0, 0.1) is 11.8 Å². The number of hydrogen-bond acceptors (Lipinski definition) is 1. The molecule has 0 N–H and O–H groups in total. The Hall–Kier alpha value is -3.68. The van der Waals surface area contributed by atoms with E-state index in [0.29, 0.717) is 11.8 Å². The molecule has 7 rings (SSSR count). The Morgan fingerprint density at radius 1 is 0.816 bits per heavy atom. The van der Waals surface area contributed by atoms with Crippen molar-refractivity contribution in [1.82, 2.24) is 0 Å². The van der Waals surface area contributed by atoms with E-state index in [1.54, 1.807) is 5.57 Å². The molecule has 3 aliphatic rings. The molecule has 3 aliphatic carbocycles. The highest BCUT2D eigenvalue weighted by Crippen LogP contribution is 2.58. The van der Waals surface area contributed by atoms with Gasteiger partial charge in [0.1, 0.15) is 0 Å². The van der Waals surface area contributed by atoms with E-state index in [2.05, 4.69) is 118 Å². The van der Waals surface area contributed by atoms with Gasteiger partial charge in [-0.05, 0) is 99.4 Å². The van der Waals surface area contributed by atoms with Crippen LogP contribution in [-0.2, 0) is 0 Å². The van der Waals surface area contributed by atoms with Crippen LogP contribution in [0.25, 0.3) is 38.4 Å². The highest BCUT2D eigenvalue weighted by molar-refractivity contribution is 7.20. The number of allylic oxidation sites excluding steroid dienone is 8. The minimum absolute atomic E-state index is 0.504. The Labute approximate surface area is 230 Å². The first kappa shape index (κ1) is 23.4. The van der Waals surface area contributed by atoms with E-state index in [-0.39, 0.29) is 0 Å². The van der Waals surface area contributed by atoms with Gasteiger partial charge in [-0.3, -0.25) is 0 Å². The van der Waals surface area contributed by atoms with Crippen LogP contribution in [-0.4, -0.2) is 0 Å². The van der Waals surface area contributed by atoms with Crippen molar-refractivity contribution in [3.8, 4) is 11.1 Å². The summed E-state index contributed by atoms with van der Waals surface area (Å²) < 4.78 is 1.37. The first-order valence-corrected chi connectivity index (χ1v) is 14.6. The van der Waals surface area contributed by atoms with Gasteiger partial charge in [-0.25, -0.2) is 0 Å². The zero-order valence-corrected chi connectivity index (χ0v) is 23.2. The number of hydrogen-bond donors (Lipinski definition) is 0. The molecule has 0 nitrogen and oxygen atoms in total. The summed E-state index contributed by atoms with van der Waals surface area (Å²) in [6.45, 7) is 11.7. The summed E-state index contributed by atoms with van der Waals surface area (Å²) in [7, 11) is 0. The second-order valence-corrected chi connectivity index (χ2v) is 12.3. The van der Waals surface area contributed by atoms with Crippen LogP contribution in [0.2, 0.25) is 0 Å². The van der Waals surface area contributed by atoms with Crippen molar-refractivity contribution >= 4 is 38.6 Å². The molecule has 1 fully saturated rings. The summed E-state index contributed by atoms with van der Waals surface area (Å²) in [5.74, 6) is 1.07. The topological polar surface area (TPSA) is 0 Å². The summed E-state index contributed by atoms with van der Waals surface area (Å²) >= 11 is 1.97. The Morgan fingerprint density at radius 2 is 1.53 bits per heavy atom. The molecule has 0 bridgehead atoms. The third-order valence-electron chi connectivity index (χ3n) is 8.56. The molecular formula is C37H32S. The lowest BCUT2D eigenvalue weighted by atomic mass is 9.80. The van der Waals surface area contributed by atoms with Gasteiger partial charge in [-0.15, -0.1) is 11.3 Å². The van der Waals surface area contributed by atoms with Crippen LogP contribution in [0.15, 0.2) is 119 Å². The fourth-order valence-electron chi connectivity index (χ4n) is 6.79. The van der Waals surface area contributed by atoms with E-state index < -0.39 is 0 Å². The normalized spacial score (nSPS) is 20.7. The van der Waals surface area contributed by atoms with Gasteiger partial charge in [0.25, 0.3) is 0 Å². The van der Waals surface area contributed by atoms with Crippen molar-refractivity contribution in [1.29, 1.82) is 0 Å². The Kier molecular flexibility index (Phi) is 5.53. The number of fused-ring (bicyclic) bond motifs is 4. The van der Waals surface area contributed by atoms with Crippen LogP contribution in [0.1, 0.15) is 49.6 Å². The standard InChI is InChI=1S/C37H32S/c1-22(2)29-21-27-19-18-23(3)32(26-14-9-6-10-15-26)34(27)36(29)33-24(4)20-30-35-28(25-12-7-5-8-13-25)16-11-17-31(35)38-37(30)33/h5-17,19-20,22,29H,3,18,21H2,1-2,4H3. The summed E-state index contributed by atoms with van der Waals surface area (Å²) in [6.07, 6.45) is 6.99. The van der Waals surface area contributed by atoms with Crippen molar-refractivity contribution in [3.63, 3.8) is 0 Å². The largest absolute Gasteiger partial charge is 0.135 e. The lowest BCUT2D eigenvalue weighted by Crippen LogP contribution is -2.09. The molecule has 1 atom stereocenters. The number of thiophene rings is 1. The lowest BCUT2D eigenvalue weighted by molar-refractivity contribution is 0.468. The molecule has 38 heavy (non-hydrogen) atoms. The fourth-order valence-corrected chi connectivity index (χ4v) is 8.13. The van der Waals surface area contributed by atoms with E-state index in [1.807, 2.05) is 11.3 Å². The molecule has 1 heterocycles. The quantitative estimate of drug-likeness (QED) is 0.258. The monoisotopic (exact) mass is 508 g/mol. The molecule has 0 aliphatic heterocycles. The van der Waals surface area contributed by atoms with Gasteiger partial charge < -0.3 is 0 Å². The molecule has 1 aromatic heterocycles. The van der Waals surface area contributed by atoms with Crippen molar-refractivity contribution in [2.45, 2.75) is 33.6 Å². The average Bonchev–Trinajstić information content (AvgIpc) is 3.58. The van der Waals surface area contributed by atoms with Crippen molar-refractivity contribution in [3.05, 3.63) is 135 Å². The molecule has 1 unspecified atom stereocenters. The predicted octanol–water partition coefficient (Wildman–Crippen LogP) is 10.8. The fraction of sp³-hybridized carbons (Fsp3) is 0.189. The van der Waals surface area contributed by atoms with Crippen molar-refractivity contribution < 1.29 is 0 Å². The van der Waals surface area contributed by atoms with Crippen molar-refractivity contribution in [2.24, 2.45) is 11.8 Å². The maximum Gasteiger partial charge on any atom is 0.0433 e. The van der Waals surface area contributed by atoms with Gasteiger partial charge in [-0.1, -0.05) is 99.3 Å². The van der Waals surface area contributed by atoms with E-state index in [4.69, 9.17) is 0 Å². The minimum Gasteiger partial charge on any atom is -0.135 e. The van der Waals surface area contributed by atoms with E-state index in [9.17, 15) is 0 Å². The predicted molar refractivity (Wildman–Crippen MR) is 166 cm³/mol. The SMILES string of the molecule is C=C1CC=C2CC(C(C)C)C(=C3C(C)=Cc4c3sc3cccc(-c5ccccc5)c43)C2=C1c1ccccc1. The second kappa shape index (κ2) is 8.96. The highest BCUT2D eigenvalue weighted by Gasteiger charge is 2.40. The molecule has 1 heteroatoms. The molecular weight excluding hydrogens is 476 g/mol. The van der Waals surface area contributed by atoms with Gasteiger partial charge in [0.15, 0.2) is 0 Å². The van der Waals surface area contributed by atoms with E-state index in [0.717, 1.165) is 12.8 Å². The van der Waals surface area contributed by atoms with Gasteiger partial charge in [0.05, 0.1) is 0 Å². The maximum absolute atomic E-state index is 4.57.